The smallest absolute Gasteiger partial charge is 0.324 e. The van der Waals surface area contributed by atoms with E-state index in [-0.39, 0.29) is 5.75 Å². The second-order valence-corrected chi connectivity index (χ2v) is 5.88. The van der Waals surface area contributed by atoms with Crippen LogP contribution in [0.1, 0.15) is 39.0 Å². The molecule has 0 spiro atoms. The summed E-state index contributed by atoms with van der Waals surface area (Å²) in [6, 6.07) is -0.670. The lowest BCUT2D eigenvalue weighted by molar-refractivity contribution is -0.139. The van der Waals surface area contributed by atoms with Crippen LogP contribution in [0, 0.1) is 0 Å². The van der Waals surface area contributed by atoms with Crippen molar-refractivity contribution in [3.8, 4) is 0 Å². The quantitative estimate of drug-likeness (QED) is 0.535. The first-order valence-corrected chi connectivity index (χ1v) is 7.37. The molecule has 5 nitrogen and oxygen atoms in total. The second-order valence-electron chi connectivity index (χ2n) is 4.01. The van der Waals surface area contributed by atoms with Gasteiger partial charge >= 0.3 is 5.97 Å². The normalized spacial score (nSPS) is 21.1. The van der Waals surface area contributed by atoms with E-state index in [0.717, 1.165) is 19.3 Å². The first kappa shape index (κ1) is 13.4. The summed E-state index contributed by atoms with van der Waals surface area (Å²) >= 11 is 0. The van der Waals surface area contributed by atoms with Gasteiger partial charge in [0.05, 0.1) is 12.4 Å². The fourth-order valence-corrected chi connectivity index (χ4v) is 2.95. The molecule has 0 aliphatic carbocycles. The van der Waals surface area contributed by atoms with Crippen molar-refractivity contribution in [3.05, 3.63) is 0 Å². The molecule has 1 aliphatic rings. The minimum atomic E-state index is -3.33. The SMILES string of the molecule is CCCCCCS(=O)(=O)NC1CCOC1=O. The van der Waals surface area contributed by atoms with E-state index in [0.29, 0.717) is 19.4 Å². The van der Waals surface area contributed by atoms with E-state index in [9.17, 15) is 13.2 Å². The summed E-state index contributed by atoms with van der Waals surface area (Å²) < 4.78 is 30.2. The predicted molar refractivity (Wildman–Crippen MR) is 60.4 cm³/mol. The molecule has 16 heavy (non-hydrogen) atoms. The van der Waals surface area contributed by atoms with Crippen LogP contribution in [0.4, 0.5) is 0 Å². The van der Waals surface area contributed by atoms with Crippen molar-refractivity contribution in [2.45, 2.75) is 45.1 Å². The summed E-state index contributed by atoms with van der Waals surface area (Å²) in [4.78, 5) is 11.1. The molecular weight excluding hydrogens is 230 g/mol. The Morgan fingerprint density at radius 1 is 1.38 bits per heavy atom. The fourth-order valence-electron chi connectivity index (χ4n) is 1.60. The van der Waals surface area contributed by atoms with Gasteiger partial charge in [0.2, 0.25) is 10.0 Å². The summed E-state index contributed by atoms with van der Waals surface area (Å²) in [6.45, 7) is 2.38. The molecule has 1 heterocycles. The molecule has 1 fully saturated rings. The standard InChI is InChI=1S/C10H19NO4S/c1-2-3-4-5-8-16(13,14)11-9-6-7-15-10(9)12/h9,11H,2-8H2,1H3. The maximum absolute atomic E-state index is 11.6. The Labute approximate surface area is 96.6 Å². The number of cyclic esters (lactones) is 1. The van der Waals surface area contributed by atoms with Gasteiger partial charge in [0.1, 0.15) is 6.04 Å². The third kappa shape index (κ3) is 4.49. The molecule has 1 unspecified atom stereocenters. The lowest BCUT2D eigenvalue weighted by Gasteiger charge is -2.09. The number of nitrogens with one attached hydrogen (secondary N) is 1. The van der Waals surface area contributed by atoms with Crippen molar-refractivity contribution in [2.24, 2.45) is 0 Å². The van der Waals surface area contributed by atoms with Crippen LogP contribution in [-0.4, -0.2) is 32.8 Å². The lowest BCUT2D eigenvalue weighted by Crippen LogP contribution is -2.39. The molecule has 1 aliphatic heterocycles. The number of carbonyl (C=O) groups is 1. The van der Waals surface area contributed by atoms with Crippen LogP contribution in [0.5, 0.6) is 0 Å². The maximum atomic E-state index is 11.6. The van der Waals surface area contributed by atoms with Crippen LogP contribution in [0.3, 0.4) is 0 Å². The van der Waals surface area contributed by atoms with E-state index < -0.39 is 22.0 Å². The van der Waals surface area contributed by atoms with Gasteiger partial charge in [0, 0.05) is 6.42 Å². The number of carbonyl (C=O) groups excluding carboxylic acids is 1. The van der Waals surface area contributed by atoms with Crippen LogP contribution in [0.15, 0.2) is 0 Å². The van der Waals surface area contributed by atoms with Crippen molar-refractivity contribution >= 4 is 16.0 Å². The molecule has 1 saturated heterocycles. The summed E-state index contributed by atoms with van der Waals surface area (Å²) in [5.74, 6) is -0.367. The number of hydrogen-bond donors (Lipinski definition) is 1. The number of sulfonamides is 1. The van der Waals surface area contributed by atoms with Gasteiger partial charge in [-0.05, 0) is 6.42 Å². The molecule has 6 heteroatoms. The average Bonchev–Trinajstić information content (AvgIpc) is 2.59. The molecule has 0 aromatic rings. The third-order valence-electron chi connectivity index (χ3n) is 2.52. The number of rotatable bonds is 7. The van der Waals surface area contributed by atoms with Crippen molar-refractivity contribution < 1.29 is 17.9 Å². The van der Waals surface area contributed by atoms with Crippen molar-refractivity contribution in [1.82, 2.24) is 4.72 Å². The Morgan fingerprint density at radius 2 is 2.12 bits per heavy atom. The fraction of sp³-hybridized carbons (Fsp3) is 0.900. The van der Waals surface area contributed by atoms with Crippen LogP contribution in [0.25, 0.3) is 0 Å². The molecule has 0 radical (unpaired) electrons. The van der Waals surface area contributed by atoms with E-state index in [1.165, 1.54) is 0 Å². The molecule has 0 bridgehead atoms. The molecule has 0 amide bonds. The first-order chi connectivity index (χ1) is 7.55. The maximum Gasteiger partial charge on any atom is 0.324 e. The highest BCUT2D eigenvalue weighted by atomic mass is 32.2. The number of unbranched alkanes of at least 4 members (excludes halogenated alkanes) is 3. The Bertz CT molecular complexity index is 326. The van der Waals surface area contributed by atoms with Gasteiger partial charge in [-0.1, -0.05) is 26.2 Å². The minimum Gasteiger partial charge on any atom is -0.464 e. The van der Waals surface area contributed by atoms with Gasteiger partial charge in [-0.2, -0.15) is 0 Å². The molecule has 1 rings (SSSR count). The van der Waals surface area contributed by atoms with Crippen LogP contribution in [-0.2, 0) is 19.6 Å². The van der Waals surface area contributed by atoms with Crippen molar-refractivity contribution in [2.75, 3.05) is 12.4 Å². The Morgan fingerprint density at radius 3 is 2.69 bits per heavy atom. The molecule has 94 valence electrons. The third-order valence-corrected chi connectivity index (χ3v) is 3.99. The van der Waals surface area contributed by atoms with Crippen molar-refractivity contribution in [3.63, 3.8) is 0 Å². The zero-order valence-electron chi connectivity index (χ0n) is 9.57. The summed E-state index contributed by atoms with van der Waals surface area (Å²) in [5.41, 5.74) is 0. The van der Waals surface area contributed by atoms with Gasteiger partial charge in [0.25, 0.3) is 0 Å². The largest absolute Gasteiger partial charge is 0.464 e. The summed E-state index contributed by atoms with van der Waals surface area (Å²) in [6.07, 6.45) is 4.11. The monoisotopic (exact) mass is 249 g/mol. The van der Waals surface area contributed by atoms with E-state index in [2.05, 4.69) is 16.4 Å². The summed E-state index contributed by atoms with van der Waals surface area (Å²) in [7, 11) is -3.33. The molecule has 1 atom stereocenters. The van der Waals surface area contributed by atoms with Gasteiger partial charge in [-0.25, -0.2) is 13.1 Å². The highest BCUT2D eigenvalue weighted by Gasteiger charge is 2.30. The molecule has 1 N–H and O–H groups in total. The minimum absolute atomic E-state index is 0.0940. The van der Waals surface area contributed by atoms with Crippen LogP contribution < -0.4 is 4.72 Å². The van der Waals surface area contributed by atoms with Crippen LogP contribution in [0.2, 0.25) is 0 Å². The van der Waals surface area contributed by atoms with Crippen molar-refractivity contribution in [1.29, 1.82) is 0 Å². The zero-order valence-corrected chi connectivity index (χ0v) is 10.4. The second kappa shape index (κ2) is 6.20. The van der Waals surface area contributed by atoms with E-state index in [1.54, 1.807) is 0 Å². The average molecular weight is 249 g/mol. The number of hydrogen-bond acceptors (Lipinski definition) is 4. The van der Waals surface area contributed by atoms with Gasteiger partial charge in [-0.15, -0.1) is 0 Å². The molecule has 0 saturated carbocycles. The number of esters is 1. The van der Waals surface area contributed by atoms with Gasteiger partial charge in [0.15, 0.2) is 0 Å². The van der Waals surface area contributed by atoms with Crippen LogP contribution >= 0.6 is 0 Å². The van der Waals surface area contributed by atoms with E-state index in [1.807, 2.05) is 0 Å². The molecule has 0 aromatic carbocycles. The molecule has 0 aromatic heterocycles. The summed E-state index contributed by atoms with van der Waals surface area (Å²) in [5, 5.41) is 0. The van der Waals surface area contributed by atoms with Gasteiger partial charge in [-0.3, -0.25) is 4.79 Å². The molecular formula is C10H19NO4S. The van der Waals surface area contributed by atoms with E-state index in [4.69, 9.17) is 0 Å². The highest BCUT2D eigenvalue weighted by Crippen LogP contribution is 2.08. The zero-order chi connectivity index (χ0) is 12.0. The first-order valence-electron chi connectivity index (χ1n) is 5.72. The lowest BCUT2D eigenvalue weighted by atomic mass is 10.2. The predicted octanol–water partition coefficient (Wildman–Crippen LogP) is 0.802. The Balaban J connectivity index is 2.31. The van der Waals surface area contributed by atoms with E-state index >= 15 is 0 Å². The van der Waals surface area contributed by atoms with Gasteiger partial charge < -0.3 is 4.74 Å². The highest BCUT2D eigenvalue weighted by molar-refractivity contribution is 7.89. The number of ether oxygens (including phenoxy) is 1. The Hall–Kier alpha value is -0.620. The Kier molecular flexibility index (Phi) is 5.21. The topological polar surface area (TPSA) is 72.5 Å².